The average Bonchev–Trinajstić information content (AvgIpc) is 2.32. The maximum atomic E-state index is 5.65. The summed E-state index contributed by atoms with van der Waals surface area (Å²) in [6, 6.07) is 11.8. The van der Waals surface area contributed by atoms with Crippen LogP contribution < -0.4 is 10.5 Å². The Hall–Kier alpha value is -1.87. The van der Waals surface area contributed by atoms with Gasteiger partial charge in [-0.3, -0.25) is 0 Å². The first-order valence-corrected chi connectivity index (χ1v) is 5.67. The Kier molecular flexibility index (Phi) is 3.73. The van der Waals surface area contributed by atoms with E-state index in [1.807, 2.05) is 43.3 Å². The molecule has 0 aliphatic rings. The Morgan fingerprint density at radius 2 is 1.94 bits per heavy atom. The van der Waals surface area contributed by atoms with Crippen molar-refractivity contribution in [3.05, 3.63) is 53.7 Å². The van der Waals surface area contributed by atoms with Crippen molar-refractivity contribution in [2.24, 2.45) is 5.73 Å². The summed E-state index contributed by atoms with van der Waals surface area (Å²) >= 11 is 0. The SMILES string of the molecule is Cc1ccnc(Oc2ccc(CCN)cc2)c1. The van der Waals surface area contributed by atoms with Crippen LogP contribution in [0.25, 0.3) is 0 Å². The minimum Gasteiger partial charge on any atom is -0.439 e. The van der Waals surface area contributed by atoms with Crippen LogP contribution in [0.4, 0.5) is 0 Å². The summed E-state index contributed by atoms with van der Waals surface area (Å²) < 4.78 is 5.65. The molecular formula is C14H16N2O. The predicted octanol–water partition coefficient (Wildman–Crippen LogP) is 2.68. The Balaban J connectivity index is 2.08. The molecule has 0 fully saturated rings. The molecular weight excluding hydrogens is 212 g/mol. The van der Waals surface area contributed by atoms with E-state index in [1.165, 1.54) is 5.56 Å². The van der Waals surface area contributed by atoms with Crippen LogP contribution in [0, 0.1) is 6.92 Å². The van der Waals surface area contributed by atoms with Crippen LogP contribution in [0.5, 0.6) is 11.6 Å². The first kappa shape index (κ1) is 11.6. The molecule has 0 amide bonds. The zero-order valence-corrected chi connectivity index (χ0v) is 9.89. The Morgan fingerprint density at radius 3 is 2.59 bits per heavy atom. The third kappa shape index (κ3) is 3.29. The molecule has 1 aromatic carbocycles. The van der Waals surface area contributed by atoms with E-state index in [-0.39, 0.29) is 0 Å². The lowest BCUT2D eigenvalue weighted by Crippen LogP contribution is -2.02. The summed E-state index contributed by atoms with van der Waals surface area (Å²) in [7, 11) is 0. The van der Waals surface area contributed by atoms with Gasteiger partial charge in [0, 0.05) is 12.3 Å². The summed E-state index contributed by atoms with van der Waals surface area (Å²) in [5.41, 5.74) is 7.85. The average molecular weight is 228 g/mol. The van der Waals surface area contributed by atoms with Gasteiger partial charge in [-0.2, -0.15) is 0 Å². The summed E-state index contributed by atoms with van der Waals surface area (Å²) in [5, 5.41) is 0. The van der Waals surface area contributed by atoms with Crippen LogP contribution in [0.3, 0.4) is 0 Å². The normalized spacial score (nSPS) is 10.2. The van der Waals surface area contributed by atoms with Gasteiger partial charge in [0.2, 0.25) is 5.88 Å². The molecule has 0 saturated carbocycles. The summed E-state index contributed by atoms with van der Waals surface area (Å²) in [5.74, 6) is 1.42. The van der Waals surface area contributed by atoms with Gasteiger partial charge in [-0.05, 0) is 49.2 Å². The molecule has 0 unspecified atom stereocenters. The molecule has 0 bridgehead atoms. The fourth-order valence-electron chi connectivity index (χ4n) is 1.58. The van der Waals surface area contributed by atoms with Crippen LogP contribution in [0.1, 0.15) is 11.1 Å². The lowest BCUT2D eigenvalue weighted by Gasteiger charge is -2.06. The van der Waals surface area contributed by atoms with Crippen molar-refractivity contribution in [3.63, 3.8) is 0 Å². The topological polar surface area (TPSA) is 48.1 Å². The summed E-state index contributed by atoms with van der Waals surface area (Å²) in [6.07, 6.45) is 2.64. The van der Waals surface area contributed by atoms with Gasteiger partial charge in [0.25, 0.3) is 0 Å². The third-order valence-corrected chi connectivity index (χ3v) is 2.47. The second-order valence-corrected chi connectivity index (χ2v) is 3.96. The molecule has 3 heteroatoms. The molecule has 88 valence electrons. The third-order valence-electron chi connectivity index (χ3n) is 2.47. The molecule has 0 aliphatic heterocycles. The maximum absolute atomic E-state index is 5.65. The Bertz CT molecular complexity index is 480. The van der Waals surface area contributed by atoms with E-state index in [0.717, 1.165) is 17.7 Å². The molecule has 2 aromatic rings. The number of ether oxygens (including phenoxy) is 1. The van der Waals surface area contributed by atoms with E-state index in [2.05, 4.69) is 4.98 Å². The molecule has 0 atom stereocenters. The number of aryl methyl sites for hydroxylation is 1. The standard InChI is InChI=1S/C14H16N2O/c1-11-7-9-16-14(10-11)17-13-4-2-12(3-5-13)6-8-15/h2-5,7,9-10H,6,8,15H2,1H3. The summed E-state index contributed by atoms with van der Waals surface area (Å²) in [6.45, 7) is 2.68. The van der Waals surface area contributed by atoms with Gasteiger partial charge in [0.1, 0.15) is 5.75 Å². The van der Waals surface area contributed by atoms with E-state index < -0.39 is 0 Å². The van der Waals surface area contributed by atoms with Crippen molar-refractivity contribution < 1.29 is 4.74 Å². The molecule has 1 heterocycles. The highest BCUT2D eigenvalue weighted by Gasteiger charge is 1.99. The van der Waals surface area contributed by atoms with Crippen molar-refractivity contribution in [3.8, 4) is 11.6 Å². The van der Waals surface area contributed by atoms with Crippen molar-refractivity contribution in [2.45, 2.75) is 13.3 Å². The fourth-order valence-corrected chi connectivity index (χ4v) is 1.58. The minimum atomic E-state index is 0.622. The molecule has 2 rings (SSSR count). The maximum Gasteiger partial charge on any atom is 0.219 e. The minimum absolute atomic E-state index is 0.622. The number of nitrogens with two attached hydrogens (primary N) is 1. The Morgan fingerprint density at radius 1 is 1.18 bits per heavy atom. The van der Waals surface area contributed by atoms with E-state index in [1.54, 1.807) is 6.20 Å². The van der Waals surface area contributed by atoms with Crippen molar-refractivity contribution in [1.29, 1.82) is 0 Å². The second kappa shape index (κ2) is 5.46. The quantitative estimate of drug-likeness (QED) is 0.875. The molecule has 0 radical (unpaired) electrons. The first-order valence-electron chi connectivity index (χ1n) is 5.67. The van der Waals surface area contributed by atoms with Crippen molar-refractivity contribution in [2.75, 3.05) is 6.54 Å². The number of nitrogens with zero attached hydrogens (tertiary/aromatic N) is 1. The van der Waals surface area contributed by atoms with Crippen LogP contribution in [0.2, 0.25) is 0 Å². The number of benzene rings is 1. The van der Waals surface area contributed by atoms with Gasteiger partial charge >= 0.3 is 0 Å². The fraction of sp³-hybridized carbons (Fsp3) is 0.214. The molecule has 0 spiro atoms. The molecule has 17 heavy (non-hydrogen) atoms. The molecule has 1 aromatic heterocycles. The van der Waals surface area contributed by atoms with Crippen molar-refractivity contribution >= 4 is 0 Å². The van der Waals surface area contributed by atoms with Gasteiger partial charge in [0.15, 0.2) is 0 Å². The molecule has 3 nitrogen and oxygen atoms in total. The van der Waals surface area contributed by atoms with Crippen LogP contribution in [0.15, 0.2) is 42.6 Å². The van der Waals surface area contributed by atoms with Gasteiger partial charge in [0.05, 0.1) is 0 Å². The van der Waals surface area contributed by atoms with E-state index in [9.17, 15) is 0 Å². The highest BCUT2D eigenvalue weighted by atomic mass is 16.5. The zero-order chi connectivity index (χ0) is 12.1. The highest BCUT2D eigenvalue weighted by molar-refractivity contribution is 5.31. The second-order valence-electron chi connectivity index (χ2n) is 3.96. The van der Waals surface area contributed by atoms with Gasteiger partial charge in [-0.25, -0.2) is 4.98 Å². The molecule has 0 saturated heterocycles. The van der Waals surface area contributed by atoms with E-state index >= 15 is 0 Å². The van der Waals surface area contributed by atoms with Crippen molar-refractivity contribution in [1.82, 2.24) is 4.98 Å². The zero-order valence-electron chi connectivity index (χ0n) is 9.89. The Labute approximate surface area is 101 Å². The smallest absolute Gasteiger partial charge is 0.219 e. The number of aromatic nitrogens is 1. The number of pyridine rings is 1. The first-order chi connectivity index (χ1) is 8.28. The lowest BCUT2D eigenvalue weighted by molar-refractivity contribution is 0.462. The van der Waals surface area contributed by atoms with Gasteiger partial charge < -0.3 is 10.5 Å². The highest BCUT2D eigenvalue weighted by Crippen LogP contribution is 2.20. The number of hydrogen-bond acceptors (Lipinski definition) is 3. The van der Waals surface area contributed by atoms with E-state index in [0.29, 0.717) is 12.4 Å². The van der Waals surface area contributed by atoms with E-state index in [4.69, 9.17) is 10.5 Å². The lowest BCUT2D eigenvalue weighted by atomic mass is 10.1. The molecule has 0 aliphatic carbocycles. The van der Waals surface area contributed by atoms with Crippen LogP contribution >= 0.6 is 0 Å². The monoisotopic (exact) mass is 228 g/mol. The predicted molar refractivity (Wildman–Crippen MR) is 68.2 cm³/mol. The van der Waals surface area contributed by atoms with Crippen LogP contribution in [-0.4, -0.2) is 11.5 Å². The molecule has 2 N–H and O–H groups in total. The number of hydrogen-bond donors (Lipinski definition) is 1. The van der Waals surface area contributed by atoms with Gasteiger partial charge in [-0.1, -0.05) is 12.1 Å². The largest absolute Gasteiger partial charge is 0.439 e. The van der Waals surface area contributed by atoms with Crippen LogP contribution in [-0.2, 0) is 6.42 Å². The van der Waals surface area contributed by atoms with Gasteiger partial charge in [-0.15, -0.1) is 0 Å². The summed E-state index contributed by atoms with van der Waals surface area (Å²) in [4.78, 5) is 4.15. The number of rotatable bonds is 4.